The van der Waals surface area contributed by atoms with E-state index < -0.39 is 17.6 Å². The summed E-state index contributed by atoms with van der Waals surface area (Å²) in [6.45, 7) is 0. The monoisotopic (exact) mass is 220 g/mol. The van der Waals surface area contributed by atoms with Gasteiger partial charge in [-0.15, -0.1) is 0 Å². The first-order valence-electron chi connectivity index (χ1n) is 4.41. The number of hydrogen-bond donors (Lipinski definition) is 2. The summed E-state index contributed by atoms with van der Waals surface area (Å²) in [4.78, 5) is 26.3. The van der Waals surface area contributed by atoms with Gasteiger partial charge >= 0.3 is 5.97 Å². The number of carboxylic acid groups (broad SMARTS) is 1. The van der Waals surface area contributed by atoms with Gasteiger partial charge in [0.2, 0.25) is 5.71 Å². The summed E-state index contributed by atoms with van der Waals surface area (Å²) in [5.41, 5.74) is -0.143. The first-order chi connectivity index (χ1) is 7.59. The van der Waals surface area contributed by atoms with Crippen LogP contribution >= 0.6 is 0 Å². The van der Waals surface area contributed by atoms with Crippen LogP contribution in [0, 0.1) is 0 Å². The number of anilines is 2. The molecule has 82 valence electrons. The molecular weight excluding hydrogens is 212 g/mol. The summed E-state index contributed by atoms with van der Waals surface area (Å²) in [7, 11) is 1.52. The third-order valence-electron chi connectivity index (χ3n) is 2.01. The van der Waals surface area contributed by atoms with Gasteiger partial charge in [-0.3, -0.25) is 4.79 Å². The summed E-state index contributed by atoms with van der Waals surface area (Å²) >= 11 is 0. The lowest BCUT2D eigenvalue weighted by Crippen LogP contribution is -2.29. The van der Waals surface area contributed by atoms with E-state index in [1.165, 1.54) is 18.3 Å². The zero-order valence-corrected chi connectivity index (χ0v) is 8.34. The summed E-state index contributed by atoms with van der Waals surface area (Å²) in [6.07, 6.45) is 1.53. The lowest BCUT2D eigenvalue weighted by Gasteiger charge is -2.11. The van der Waals surface area contributed by atoms with Crippen molar-refractivity contribution in [2.24, 2.45) is 5.10 Å². The first-order valence-corrected chi connectivity index (χ1v) is 4.41. The molecule has 16 heavy (non-hydrogen) atoms. The Morgan fingerprint density at radius 2 is 2.31 bits per heavy atom. The summed E-state index contributed by atoms with van der Waals surface area (Å²) in [5, 5.41) is 16.1. The number of carbonyl (C=O) groups is 2. The highest BCUT2D eigenvalue weighted by molar-refractivity contribution is 6.66. The van der Waals surface area contributed by atoms with E-state index in [1.807, 2.05) is 0 Å². The number of pyridine rings is 1. The third kappa shape index (κ3) is 1.58. The van der Waals surface area contributed by atoms with Gasteiger partial charge in [-0.2, -0.15) is 5.10 Å². The first kappa shape index (κ1) is 10.1. The van der Waals surface area contributed by atoms with Gasteiger partial charge in [0.05, 0.1) is 5.69 Å². The molecule has 0 radical (unpaired) electrons. The Hall–Kier alpha value is -2.44. The van der Waals surface area contributed by atoms with Crippen LogP contribution in [0.4, 0.5) is 11.5 Å². The van der Waals surface area contributed by atoms with E-state index in [1.54, 1.807) is 12.1 Å². The average molecular weight is 220 g/mol. The zero-order valence-electron chi connectivity index (χ0n) is 8.34. The molecular formula is C9H8N4O3. The van der Waals surface area contributed by atoms with Gasteiger partial charge in [0.15, 0.2) is 5.82 Å². The molecule has 0 aliphatic carbocycles. The second-order valence-corrected chi connectivity index (χ2v) is 3.11. The number of fused-ring (bicyclic) bond motifs is 1. The van der Waals surface area contributed by atoms with Crippen molar-refractivity contribution in [1.82, 2.24) is 4.98 Å². The van der Waals surface area contributed by atoms with Crippen LogP contribution in [-0.4, -0.2) is 34.7 Å². The van der Waals surface area contributed by atoms with Crippen molar-refractivity contribution in [3.63, 3.8) is 0 Å². The molecule has 2 heterocycles. The Kier molecular flexibility index (Phi) is 2.28. The minimum atomic E-state index is -1.38. The quantitative estimate of drug-likeness (QED) is 0.689. The van der Waals surface area contributed by atoms with Crippen LogP contribution in [0.1, 0.15) is 0 Å². The van der Waals surface area contributed by atoms with E-state index in [-0.39, 0.29) is 0 Å². The maximum Gasteiger partial charge on any atom is 0.362 e. The topological polar surface area (TPSA) is 94.9 Å². The minimum Gasteiger partial charge on any atom is -0.476 e. The van der Waals surface area contributed by atoms with Crippen LogP contribution in [0.25, 0.3) is 0 Å². The Balaban J connectivity index is 2.51. The molecule has 1 aromatic rings. The fourth-order valence-corrected chi connectivity index (χ4v) is 1.32. The van der Waals surface area contributed by atoms with Crippen molar-refractivity contribution in [2.75, 3.05) is 17.4 Å². The molecule has 0 unspecified atom stereocenters. The second kappa shape index (κ2) is 3.61. The van der Waals surface area contributed by atoms with Gasteiger partial charge in [0.25, 0.3) is 5.91 Å². The highest BCUT2D eigenvalue weighted by Crippen LogP contribution is 2.23. The predicted octanol–water partition coefficient (Wildman–Crippen LogP) is -0.0895. The van der Waals surface area contributed by atoms with E-state index in [9.17, 15) is 9.59 Å². The van der Waals surface area contributed by atoms with Crippen LogP contribution in [0.5, 0.6) is 0 Å². The highest BCUT2D eigenvalue weighted by atomic mass is 16.4. The number of nitrogens with zero attached hydrogens (tertiary/aromatic N) is 3. The zero-order chi connectivity index (χ0) is 11.7. The fraction of sp³-hybridized carbons (Fsp3) is 0.111. The van der Waals surface area contributed by atoms with E-state index in [0.29, 0.717) is 11.5 Å². The highest BCUT2D eigenvalue weighted by Gasteiger charge is 2.26. The average Bonchev–Trinajstić information content (AvgIpc) is 2.37. The number of carboxylic acids is 1. The Morgan fingerprint density at radius 1 is 1.56 bits per heavy atom. The summed E-state index contributed by atoms with van der Waals surface area (Å²) in [6, 6.07) is 3.26. The van der Waals surface area contributed by atoms with E-state index in [4.69, 9.17) is 5.11 Å². The lowest BCUT2D eigenvalue weighted by atomic mass is 10.3. The van der Waals surface area contributed by atoms with Crippen LogP contribution in [-0.2, 0) is 9.59 Å². The molecule has 0 bridgehead atoms. The molecule has 2 N–H and O–H groups in total. The van der Waals surface area contributed by atoms with E-state index in [0.717, 1.165) is 0 Å². The van der Waals surface area contributed by atoms with E-state index >= 15 is 0 Å². The number of amides is 1. The van der Waals surface area contributed by atoms with Gasteiger partial charge < -0.3 is 10.4 Å². The Labute approximate surface area is 90.4 Å². The number of nitrogens with one attached hydrogen (secondary N) is 1. The standard InChI is InChI=1S/C9H8N4O3/c1-13-7-5(3-2-4-10-7)11-8(14)6(12-13)9(15)16/h2-4H,1H3,(H,11,14)(H,15,16). The largest absolute Gasteiger partial charge is 0.476 e. The second-order valence-electron chi connectivity index (χ2n) is 3.11. The van der Waals surface area contributed by atoms with Crippen LogP contribution in [0.3, 0.4) is 0 Å². The molecule has 2 rings (SSSR count). The number of carbonyl (C=O) groups excluding carboxylic acids is 1. The van der Waals surface area contributed by atoms with Crippen molar-refractivity contribution in [3.8, 4) is 0 Å². The fourth-order valence-electron chi connectivity index (χ4n) is 1.32. The molecule has 0 saturated carbocycles. The van der Waals surface area contributed by atoms with Gasteiger partial charge in [0.1, 0.15) is 0 Å². The SMILES string of the molecule is CN1N=C(C(=O)O)C(=O)Nc2cccnc21. The Bertz CT molecular complexity index is 497. The van der Waals surface area contributed by atoms with Crippen molar-refractivity contribution in [3.05, 3.63) is 18.3 Å². The number of hydrogen-bond acceptors (Lipinski definition) is 5. The molecule has 1 amide bonds. The molecule has 0 saturated heterocycles. The smallest absolute Gasteiger partial charge is 0.362 e. The minimum absolute atomic E-state index is 0.395. The number of aliphatic carboxylic acids is 1. The molecule has 7 nitrogen and oxygen atoms in total. The van der Waals surface area contributed by atoms with Crippen molar-refractivity contribution in [1.29, 1.82) is 0 Å². The number of rotatable bonds is 1. The van der Waals surface area contributed by atoms with Gasteiger partial charge in [0, 0.05) is 13.2 Å². The van der Waals surface area contributed by atoms with Gasteiger partial charge in [-0.25, -0.2) is 14.8 Å². The number of aromatic nitrogens is 1. The number of hydrazone groups is 1. The summed E-state index contributed by atoms with van der Waals surface area (Å²) < 4.78 is 0. The molecule has 0 aromatic carbocycles. The van der Waals surface area contributed by atoms with E-state index in [2.05, 4.69) is 15.4 Å². The Morgan fingerprint density at radius 3 is 3.00 bits per heavy atom. The van der Waals surface area contributed by atoms with Crippen molar-refractivity contribution < 1.29 is 14.7 Å². The predicted molar refractivity (Wildman–Crippen MR) is 56.3 cm³/mol. The van der Waals surface area contributed by atoms with Crippen molar-refractivity contribution >= 4 is 29.1 Å². The molecule has 1 aliphatic heterocycles. The normalized spacial score (nSPS) is 14.7. The van der Waals surface area contributed by atoms with Gasteiger partial charge in [-0.05, 0) is 12.1 Å². The summed E-state index contributed by atoms with van der Waals surface area (Å²) in [5.74, 6) is -1.74. The third-order valence-corrected chi connectivity index (χ3v) is 2.01. The van der Waals surface area contributed by atoms with Crippen LogP contribution in [0.15, 0.2) is 23.4 Å². The molecule has 7 heteroatoms. The molecule has 0 fully saturated rings. The van der Waals surface area contributed by atoms with Crippen LogP contribution in [0.2, 0.25) is 0 Å². The van der Waals surface area contributed by atoms with Crippen LogP contribution < -0.4 is 10.3 Å². The molecule has 0 spiro atoms. The molecule has 1 aliphatic rings. The lowest BCUT2D eigenvalue weighted by molar-refractivity contribution is -0.130. The molecule has 0 atom stereocenters. The van der Waals surface area contributed by atoms with Gasteiger partial charge in [-0.1, -0.05) is 0 Å². The maximum atomic E-state index is 11.5. The molecule has 1 aromatic heterocycles. The maximum absolute atomic E-state index is 11.5. The van der Waals surface area contributed by atoms with Crippen molar-refractivity contribution in [2.45, 2.75) is 0 Å².